The number of esters is 1. The Bertz CT molecular complexity index is 916. The second-order valence-electron chi connectivity index (χ2n) is 6.14. The van der Waals surface area contributed by atoms with Crippen LogP contribution in [0.4, 0.5) is 4.79 Å². The van der Waals surface area contributed by atoms with E-state index < -0.39 is 29.4 Å². The number of aryl methyl sites for hydroxylation is 1. The van der Waals surface area contributed by atoms with Gasteiger partial charge in [0.1, 0.15) is 5.58 Å². The van der Waals surface area contributed by atoms with Gasteiger partial charge in [0.15, 0.2) is 11.5 Å². The van der Waals surface area contributed by atoms with Crippen molar-refractivity contribution in [3.8, 4) is 0 Å². The normalized spacial score (nSPS) is 11.9. The lowest BCUT2D eigenvalue weighted by atomic mass is 10.1. The van der Waals surface area contributed by atoms with Gasteiger partial charge in [-0.2, -0.15) is 0 Å². The van der Waals surface area contributed by atoms with E-state index in [1.54, 1.807) is 32.0 Å². The third-order valence-corrected chi connectivity index (χ3v) is 3.39. The van der Waals surface area contributed by atoms with Crippen LogP contribution in [0.1, 0.15) is 36.9 Å². The molecule has 0 aliphatic carbocycles. The van der Waals surface area contributed by atoms with E-state index in [2.05, 4.69) is 10.6 Å². The Kier molecular flexibility index (Phi) is 5.76. The predicted octanol–water partition coefficient (Wildman–Crippen LogP) is 1.88. The molecule has 0 saturated carbocycles. The van der Waals surface area contributed by atoms with Gasteiger partial charge in [0.2, 0.25) is 5.76 Å². The Morgan fingerprint density at radius 3 is 2.46 bits per heavy atom. The van der Waals surface area contributed by atoms with Crippen molar-refractivity contribution in [2.24, 2.45) is 0 Å². The molecule has 1 heterocycles. The summed E-state index contributed by atoms with van der Waals surface area (Å²) in [5.41, 5.74) is 0.726. The van der Waals surface area contributed by atoms with Crippen molar-refractivity contribution < 1.29 is 23.5 Å². The lowest BCUT2D eigenvalue weighted by Crippen LogP contribution is -2.46. The molecule has 0 bridgehead atoms. The lowest BCUT2D eigenvalue weighted by molar-refractivity contribution is -0.128. The van der Waals surface area contributed by atoms with E-state index in [0.717, 1.165) is 11.6 Å². The molecule has 0 aliphatic rings. The topological polar surface area (TPSA) is 115 Å². The summed E-state index contributed by atoms with van der Waals surface area (Å²) in [6.07, 6.45) is -1.25. The first-order chi connectivity index (χ1) is 12.2. The molecule has 1 aromatic carbocycles. The van der Waals surface area contributed by atoms with Gasteiger partial charge in [-0.15, -0.1) is 0 Å². The maximum Gasteiger partial charge on any atom is 0.375 e. The van der Waals surface area contributed by atoms with E-state index in [9.17, 15) is 19.2 Å². The van der Waals surface area contributed by atoms with Crippen molar-refractivity contribution in [2.75, 3.05) is 0 Å². The van der Waals surface area contributed by atoms with Crippen LogP contribution in [0.2, 0.25) is 0 Å². The Hall–Kier alpha value is -3.16. The standard InChI is InChI=1S/C18H20N2O6/c1-9(2)19-18(24)20-16(22)11(4)25-17(23)15-8-13(21)12-7-10(3)5-6-14(12)26-15/h5-9,11H,1-4H3,(H2,19,20,22,24)/t11-/m1/s1. The molecule has 0 radical (unpaired) electrons. The molecule has 0 spiro atoms. The Balaban J connectivity index is 2.10. The average Bonchev–Trinajstić information content (AvgIpc) is 2.54. The highest BCUT2D eigenvalue weighted by atomic mass is 16.6. The number of carbonyl (C=O) groups is 3. The van der Waals surface area contributed by atoms with Crippen LogP contribution in [-0.2, 0) is 9.53 Å². The summed E-state index contributed by atoms with van der Waals surface area (Å²) < 4.78 is 10.4. The number of rotatable bonds is 4. The van der Waals surface area contributed by atoms with Crippen molar-refractivity contribution in [1.29, 1.82) is 0 Å². The van der Waals surface area contributed by atoms with Crippen LogP contribution >= 0.6 is 0 Å². The minimum Gasteiger partial charge on any atom is -0.449 e. The molecule has 0 unspecified atom stereocenters. The monoisotopic (exact) mass is 360 g/mol. The van der Waals surface area contributed by atoms with Gasteiger partial charge in [0, 0.05) is 12.1 Å². The number of amides is 3. The molecule has 3 amide bonds. The minimum absolute atomic E-state index is 0.156. The number of hydrogen-bond acceptors (Lipinski definition) is 6. The largest absolute Gasteiger partial charge is 0.449 e. The molecule has 26 heavy (non-hydrogen) atoms. The van der Waals surface area contributed by atoms with Gasteiger partial charge in [-0.25, -0.2) is 9.59 Å². The van der Waals surface area contributed by atoms with Gasteiger partial charge >= 0.3 is 12.0 Å². The second kappa shape index (κ2) is 7.81. The van der Waals surface area contributed by atoms with Gasteiger partial charge in [-0.05, 0) is 39.8 Å². The number of carbonyl (C=O) groups excluding carboxylic acids is 3. The smallest absolute Gasteiger partial charge is 0.375 e. The first-order valence-electron chi connectivity index (χ1n) is 8.04. The number of nitrogens with one attached hydrogen (secondary N) is 2. The van der Waals surface area contributed by atoms with Crippen molar-refractivity contribution in [3.63, 3.8) is 0 Å². The first kappa shape index (κ1) is 19.2. The van der Waals surface area contributed by atoms with Crippen LogP contribution in [0.25, 0.3) is 11.0 Å². The molecule has 2 aromatic rings. The fourth-order valence-electron chi connectivity index (χ4n) is 2.15. The zero-order valence-corrected chi connectivity index (χ0v) is 14.9. The molecule has 2 rings (SSSR count). The molecule has 1 atom stereocenters. The quantitative estimate of drug-likeness (QED) is 0.805. The van der Waals surface area contributed by atoms with Crippen LogP contribution in [0.15, 0.2) is 33.5 Å². The Morgan fingerprint density at radius 1 is 1.12 bits per heavy atom. The fourth-order valence-corrected chi connectivity index (χ4v) is 2.15. The summed E-state index contributed by atoms with van der Waals surface area (Å²) in [5, 5.41) is 4.88. The van der Waals surface area contributed by atoms with E-state index in [0.29, 0.717) is 5.39 Å². The fraction of sp³-hybridized carbons (Fsp3) is 0.333. The number of urea groups is 1. The van der Waals surface area contributed by atoms with Crippen LogP contribution in [0.5, 0.6) is 0 Å². The van der Waals surface area contributed by atoms with Crippen molar-refractivity contribution in [2.45, 2.75) is 39.8 Å². The Labute approximate surface area is 149 Å². The van der Waals surface area contributed by atoms with E-state index in [-0.39, 0.29) is 17.4 Å². The third kappa shape index (κ3) is 4.69. The van der Waals surface area contributed by atoms with Crippen molar-refractivity contribution in [1.82, 2.24) is 10.6 Å². The number of ether oxygens (including phenoxy) is 1. The van der Waals surface area contributed by atoms with Gasteiger partial charge in [0.25, 0.3) is 5.91 Å². The molecular formula is C18H20N2O6. The van der Waals surface area contributed by atoms with Crippen molar-refractivity contribution in [3.05, 3.63) is 45.8 Å². The zero-order valence-electron chi connectivity index (χ0n) is 14.9. The highest BCUT2D eigenvalue weighted by molar-refractivity contribution is 5.98. The van der Waals surface area contributed by atoms with Crippen LogP contribution in [0.3, 0.4) is 0 Å². The zero-order chi connectivity index (χ0) is 19.4. The van der Waals surface area contributed by atoms with Crippen molar-refractivity contribution >= 4 is 28.9 Å². The molecule has 0 aliphatic heterocycles. The summed E-state index contributed by atoms with van der Waals surface area (Å²) in [6.45, 7) is 6.60. The summed E-state index contributed by atoms with van der Waals surface area (Å²) in [5.74, 6) is -2.09. The minimum atomic E-state index is -1.25. The maximum atomic E-state index is 12.2. The molecule has 8 heteroatoms. The predicted molar refractivity (Wildman–Crippen MR) is 93.9 cm³/mol. The summed E-state index contributed by atoms with van der Waals surface area (Å²) >= 11 is 0. The number of imide groups is 1. The van der Waals surface area contributed by atoms with Gasteiger partial charge in [0.05, 0.1) is 5.39 Å². The van der Waals surface area contributed by atoms with Crippen LogP contribution in [-0.4, -0.2) is 30.1 Å². The van der Waals surface area contributed by atoms with Crippen LogP contribution < -0.4 is 16.1 Å². The molecule has 8 nitrogen and oxygen atoms in total. The first-order valence-corrected chi connectivity index (χ1v) is 8.04. The molecule has 2 N–H and O–H groups in total. The molecular weight excluding hydrogens is 340 g/mol. The van der Waals surface area contributed by atoms with Gasteiger partial charge in [-0.1, -0.05) is 11.6 Å². The second-order valence-corrected chi connectivity index (χ2v) is 6.14. The van der Waals surface area contributed by atoms with E-state index in [4.69, 9.17) is 9.15 Å². The SMILES string of the molecule is Cc1ccc2oc(C(=O)O[C@H](C)C(=O)NC(=O)NC(C)C)cc(=O)c2c1. The summed E-state index contributed by atoms with van der Waals surface area (Å²) in [6, 6.07) is 5.13. The highest BCUT2D eigenvalue weighted by Gasteiger charge is 2.23. The van der Waals surface area contributed by atoms with Gasteiger partial charge < -0.3 is 14.5 Å². The molecule has 138 valence electrons. The van der Waals surface area contributed by atoms with E-state index >= 15 is 0 Å². The number of benzene rings is 1. The summed E-state index contributed by atoms with van der Waals surface area (Å²) in [4.78, 5) is 47.7. The maximum absolute atomic E-state index is 12.2. The van der Waals surface area contributed by atoms with Crippen LogP contribution in [0, 0.1) is 6.92 Å². The molecule has 1 aromatic heterocycles. The molecule has 0 fully saturated rings. The van der Waals surface area contributed by atoms with E-state index in [1.165, 1.54) is 6.92 Å². The number of fused-ring (bicyclic) bond motifs is 1. The van der Waals surface area contributed by atoms with Gasteiger partial charge in [-0.3, -0.25) is 14.9 Å². The highest BCUT2D eigenvalue weighted by Crippen LogP contribution is 2.15. The Morgan fingerprint density at radius 2 is 1.81 bits per heavy atom. The average molecular weight is 360 g/mol. The molecule has 0 saturated heterocycles. The summed E-state index contributed by atoms with van der Waals surface area (Å²) in [7, 11) is 0. The third-order valence-electron chi connectivity index (χ3n) is 3.39. The lowest BCUT2D eigenvalue weighted by Gasteiger charge is -2.14. The number of hydrogen-bond donors (Lipinski definition) is 2. The van der Waals surface area contributed by atoms with E-state index in [1.807, 2.05) is 6.92 Å².